The molecule has 0 heterocycles. The predicted octanol–water partition coefficient (Wildman–Crippen LogP) is 2.65. The van der Waals surface area contributed by atoms with Gasteiger partial charge in [-0.1, -0.05) is 5.92 Å². The molecule has 0 aromatic heterocycles. The third-order valence-corrected chi connectivity index (χ3v) is 2.32. The van der Waals surface area contributed by atoms with Crippen molar-refractivity contribution >= 4 is 34.4 Å². The number of benzene rings is 1. The Morgan fingerprint density at radius 2 is 1.89 bits per heavy atom. The van der Waals surface area contributed by atoms with E-state index < -0.39 is 6.09 Å². The van der Waals surface area contributed by atoms with E-state index in [1.807, 2.05) is 22.6 Å². The minimum Gasteiger partial charge on any atom is -0.497 e. The van der Waals surface area contributed by atoms with Crippen molar-refractivity contribution in [1.82, 2.24) is 0 Å². The third kappa shape index (κ3) is 4.71. The van der Waals surface area contributed by atoms with Crippen LogP contribution in [0.4, 0.5) is 10.5 Å². The van der Waals surface area contributed by atoms with Gasteiger partial charge in [0, 0.05) is 40.8 Å². The number of methoxy groups -OCH3 is 2. The zero-order chi connectivity index (χ0) is 13.4. The molecule has 0 saturated heterocycles. The molecule has 0 atom stereocenters. The Hall–Kier alpha value is -1.62. The zero-order valence-electron chi connectivity index (χ0n) is 9.95. The maximum Gasteiger partial charge on any atom is 0.412 e. The summed E-state index contributed by atoms with van der Waals surface area (Å²) in [7, 11) is 3.07. The Labute approximate surface area is 119 Å². The number of carbonyl (C=O) groups is 1. The summed E-state index contributed by atoms with van der Waals surface area (Å²) >= 11 is 1.87. The first-order valence-corrected chi connectivity index (χ1v) is 6.03. The fraction of sp³-hybridized carbons (Fsp3) is 0.250. The lowest BCUT2D eigenvalue weighted by Crippen LogP contribution is -2.13. The second-order valence-corrected chi connectivity index (χ2v) is 3.61. The van der Waals surface area contributed by atoms with E-state index in [1.54, 1.807) is 18.2 Å². The molecule has 1 N–H and O–H groups in total. The summed E-state index contributed by atoms with van der Waals surface area (Å²) in [6, 6.07) is 5.03. The van der Waals surface area contributed by atoms with Gasteiger partial charge in [-0.05, 0) is 3.93 Å². The number of hydrogen-bond donors (Lipinski definition) is 1. The highest BCUT2D eigenvalue weighted by Gasteiger charge is 2.06. The molecule has 1 amide bonds. The fourth-order valence-electron chi connectivity index (χ4n) is 1.16. The van der Waals surface area contributed by atoms with Gasteiger partial charge in [0.05, 0.1) is 19.9 Å². The summed E-state index contributed by atoms with van der Waals surface area (Å²) in [5, 5.41) is 2.56. The fourth-order valence-corrected chi connectivity index (χ4v) is 1.32. The van der Waals surface area contributed by atoms with Crippen molar-refractivity contribution in [3.05, 3.63) is 18.2 Å². The molecule has 6 heteroatoms. The normalized spacial score (nSPS) is 8.83. The molecule has 1 aromatic rings. The minimum atomic E-state index is -0.579. The van der Waals surface area contributed by atoms with Crippen molar-refractivity contribution in [3.63, 3.8) is 0 Å². The van der Waals surface area contributed by atoms with Crippen LogP contribution < -0.4 is 14.8 Å². The standard InChI is InChI=1S/C12H12INO4/c1-16-10-6-9(7-11(8-10)17-2)14-12(15)18-5-3-4-13/h6-8H,5H2,1-2H3,(H,14,15). The molecule has 1 rings (SSSR count). The Morgan fingerprint density at radius 3 is 2.39 bits per heavy atom. The number of hydrogen-bond acceptors (Lipinski definition) is 4. The monoisotopic (exact) mass is 361 g/mol. The van der Waals surface area contributed by atoms with Crippen molar-refractivity contribution < 1.29 is 19.0 Å². The number of amides is 1. The van der Waals surface area contributed by atoms with Gasteiger partial charge >= 0.3 is 6.09 Å². The van der Waals surface area contributed by atoms with E-state index in [2.05, 4.69) is 15.2 Å². The molecule has 0 radical (unpaired) electrons. The lowest BCUT2D eigenvalue weighted by atomic mass is 10.3. The van der Waals surface area contributed by atoms with Crippen LogP contribution in [0.2, 0.25) is 0 Å². The van der Waals surface area contributed by atoms with Gasteiger partial charge in [0.15, 0.2) is 6.61 Å². The van der Waals surface area contributed by atoms with Gasteiger partial charge in [-0.15, -0.1) is 0 Å². The van der Waals surface area contributed by atoms with Gasteiger partial charge < -0.3 is 14.2 Å². The van der Waals surface area contributed by atoms with Crippen molar-refractivity contribution in [2.45, 2.75) is 0 Å². The van der Waals surface area contributed by atoms with E-state index >= 15 is 0 Å². The number of nitrogens with one attached hydrogen (secondary N) is 1. The number of rotatable bonds is 4. The summed E-state index contributed by atoms with van der Waals surface area (Å²) in [5.74, 6) is 3.77. The van der Waals surface area contributed by atoms with Crippen molar-refractivity contribution in [2.75, 3.05) is 26.1 Å². The lowest BCUT2D eigenvalue weighted by Gasteiger charge is -2.09. The van der Waals surface area contributed by atoms with E-state index in [1.165, 1.54) is 14.2 Å². The van der Waals surface area contributed by atoms with Crippen LogP contribution in [0.25, 0.3) is 0 Å². The van der Waals surface area contributed by atoms with Crippen LogP contribution in [-0.2, 0) is 4.74 Å². The summed E-state index contributed by atoms with van der Waals surface area (Å²) in [6.45, 7) is 0.0515. The highest BCUT2D eigenvalue weighted by molar-refractivity contribution is 14.1. The second-order valence-electron chi connectivity index (χ2n) is 3.07. The first-order valence-electron chi connectivity index (χ1n) is 4.95. The second kappa shape index (κ2) is 7.66. The van der Waals surface area contributed by atoms with Gasteiger partial charge in [-0.25, -0.2) is 4.79 Å². The molecular formula is C12H12INO4. The average molecular weight is 361 g/mol. The summed E-state index contributed by atoms with van der Waals surface area (Å²) in [4.78, 5) is 11.4. The molecule has 0 aliphatic rings. The SMILES string of the molecule is COc1cc(NC(=O)OCC#CI)cc(OC)c1. The van der Waals surface area contributed by atoms with Gasteiger partial charge in [-0.2, -0.15) is 0 Å². The summed E-state index contributed by atoms with van der Waals surface area (Å²) in [6.07, 6.45) is -0.579. The molecule has 0 unspecified atom stereocenters. The molecular weight excluding hydrogens is 349 g/mol. The van der Waals surface area contributed by atoms with E-state index in [-0.39, 0.29) is 6.61 Å². The molecule has 96 valence electrons. The molecule has 0 aliphatic heterocycles. The molecule has 1 aromatic carbocycles. The number of anilines is 1. The number of ether oxygens (including phenoxy) is 3. The van der Waals surface area contributed by atoms with E-state index in [9.17, 15) is 4.79 Å². The first kappa shape index (κ1) is 14.4. The molecule has 0 spiro atoms. The van der Waals surface area contributed by atoms with Crippen LogP contribution >= 0.6 is 22.6 Å². The van der Waals surface area contributed by atoms with Crippen LogP contribution in [-0.4, -0.2) is 26.9 Å². The smallest absolute Gasteiger partial charge is 0.412 e. The molecule has 5 nitrogen and oxygen atoms in total. The van der Waals surface area contributed by atoms with Crippen LogP contribution in [0.15, 0.2) is 18.2 Å². The Bertz CT molecular complexity index is 456. The van der Waals surface area contributed by atoms with Gasteiger partial charge in [0.2, 0.25) is 0 Å². The van der Waals surface area contributed by atoms with Crippen molar-refractivity contribution in [3.8, 4) is 21.3 Å². The van der Waals surface area contributed by atoms with Crippen molar-refractivity contribution in [2.24, 2.45) is 0 Å². The van der Waals surface area contributed by atoms with Gasteiger partial charge in [-0.3, -0.25) is 5.32 Å². The Morgan fingerprint density at radius 1 is 1.28 bits per heavy atom. The predicted molar refractivity (Wildman–Crippen MR) is 76.3 cm³/mol. The molecule has 18 heavy (non-hydrogen) atoms. The largest absolute Gasteiger partial charge is 0.497 e. The van der Waals surface area contributed by atoms with Crippen LogP contribution in [0.3, 0.4) is 0 Å². The average Bonchev–Trinajstić information content (AvgIpc) is 2.38. The number of halogens is 1. The maximum atomic E-state index is 11.4. The molecule has 0 bridgehead atoms. The third-order valence-electron chi connectivity index (χ3n) is 1.94. The highest BCUT2D eigenvalue weighted by Crippen LogP contribution is 2.25. The lowest BCUT2D eigenvalue weighted by molar-refractivity contribution is 0.176. The number of carbonyl (C=O) groups excluding carboxylic acids is 1. The quantitative estimate of drug-likeness (QED) is 0.662. The minimum absolute atomic E-state index is 0.0515. The van der Waals surface area contributed by atoms with Crippen molar-refractivity contribution in [1.29, 1.82) is 0 Å². The summed E-state index contributed by atoms with van der Waals surface area (Å²) in [5.41, 5.74) is 0.527. The topological polar surface area (TPSA) is 56.8 Å². The Balaban J connectivity index is 2.70. The highest BCUT2D eigenvalue weighted by atomic mass is 127. The summed E-state index contributed by atoms with van der Waals surface area (Å²) < 4.78 is 17.6. The Kier molecular flexibility index (Phi) is 6.14. The van der Waals surface area contributed by atoms with Crippen LogP contribution in [0.1, 0.15) is 0 Å². The molecule has 0 fully saturated rings. The van der Waals surface area contributed by atoms with Gasteiger partial charge in [0.1, 0.15) is 11.5 Å². The first-order chi connectivity index (χ1) is 8.69. The van der Waals surface area contributed by atoms with Crippen LogP contribution in [0.5, 0.6) is 11.5 Å². The van der Waals surface area contributed by atoms with E-state index in [0.717, 1.165) is 0 Å². The van der Waals surface area contributed by atoms with E-state index in [4.69, 9.17) is 14.2 Å². The maximum absolute atomic E-state index is 11.4. The van der Waals surface area contributed by atoms with Gasteiger partial charge in [0.25, 0.3) is 0 Å². The zero-order valence-corrected chi connectivity index (χ0v) is 12.1. The van der Waals surface area contributed by atoms with Crippen LogP contribution in [0, 0.1) is 9.85 Å². The molecule has 0 aliphatic carbocycles. The van der Waals surface area contributed by atoms with E-state index in [0.29, 0.717) is 17.2 Å². The molecule has 0 saturated carbocycles.